The molecule has 26 heavy (non-hydrogen) atoms. The predicted octanol–water partition coefficient (Wildman–Crippen LogP) is 3.51. The molecule has 1 N–H and O–H groups in total. The van der Waals surface area contributed by atoms with Crippen molar-refractivity contribution in [1.29, 1.82) is 0 Å². The summed E-state index contributed by atoms with van der Waals surface area (Å²) in [5, 5.41) is 3.07. The highest BCUT2D eigenvalue weighted by atomic mass is 19.1. The third-order valence-electron chi connectivity index (χ3n) is 4.87. The standard InChI is InChI=1S/C21H26FN3O/c1-15-12-16(2)21(17(3)13-15)23-20(26)14-24-8-10-25(11-9-24)19-6-4-18(22)5-7-19/h4-7,12-13H,8-11,14H2,1-3H3,(H,23,26). The number of carbonyl (C=O) groups is 1. The van der Waals surface area contributed by atoms with E-state index in [1.807, 2.05) is 13.8 Å². The van der Waals surface area contributed by atoms with Crippen LogP contribution < -0.4 is 10.2 Å². The smallest absolute Gasteiger partial charge is 0.238 e. The minimum Gasteiger partial charge on any atom is -0.369 e. The number of rotatable bonds is 4. The average Bonchev–Trinajstić information content (AvgIpc) is 2.59. The first kappa shape index (κ1) is 18.4. The van der Waals surface area contributed by atoms with E-state index in [2.05, 4.69) is 34.2 Å². The van der Waals surface area contributed by atoms with E-state index in [4.69, 9.17) is 0 Å². The lowest BCUT2D eigenvalue weighted by Crippen LogP contribution is -2.48. The number of piperazine rings is 1. The lowest BCUT2D eigenvalue weighted by atomic mass is 10.1. The first-order valence-corrected chi connectivity index (χ1v) is 9.03. The zero-order chi connectivity index (χ0) is 18.7. The maximum Gasteiger partial charge on any atom is 0.238 e. The number of nitrogens with zero attached hydrogens (tertiary/aromatic N) is 2. The van der Waals surface area contributed by atoms with Crippen molar-refractivity contribution in [2.45, 2.75) is 20.8 Å². The van der Waals surface area contributed by atoms with Crippen LogP contribution in [-0.4, -0.2) is 43.5 Å². The van der Waals surface area contributed by atoms with Crippen molar-refractivity contribution in [1.82, 2.24) is 4.90 Å². The molecule has 5 heteroatoms. The van der Waals surface area contributed by atoms with Gasteiger partial charge in [-0.1, -0.05) is 17.7 Å². The Balaban J connectivity index is 1.53. The Kier molecular flexibility index (Phi) is 5.57. The van der Waals surface area contributed by atoms with Gasteiger partial charge in [0.2, 0.25) is 5.91 Å². The number of halogens is 1. The highest BCUT2D eigenvalue weighted by molar-refractivity contribution is 5.93. The zero-order valence-electron chi connectivity index (χ0n) is 15.7. The molecule has 0 saturated carbocycles. The van der Waals surface area contributed by atoms with Gasteiger partial charge >= 0.3 is 0 Å². The first-order chi connectivity index (χ1) is 12.4. The molecular formula is C21H26FN3O. The summed E-state index contributed by atoms with van der Waals surface area (Å²) in [4.78, 5) is 16.8. The summed E-state index contributed by atoms with van der Waals surface area (Å²) in [6.45, 7) is 9.81. The predicted molar refractivity (Wildman–Crippen MR) is 104 cm³/mol. The summed E-state index contributed by atoms with van der Waals surface area (Å²) < 4.78 is 13.0. The van der Waals surface area contributed by atoms with Crippen molar-refractivity contribution in [2.24, 2.45) is 0 Å². The van der Waals surface area contributed by atoms with Crippen molar-refractivity contribution in [3.05, 3.63) is 58.9 Å². The monoisotopic (exact) mass is 355 g/mol. The van der Waals surface area contributed by atoms with E-state index in [-0.39, 0.29) is 11.7 Å². The highest BCUT2D eigenvalue weighted by Gasteiger charge is 2.20. The first-order valence-electron chi connectivity index (χ1n) is 9.03. The highest BCUT2D eigenvalue weighted by Crippen LogP contribution is 2.22. The Bertz CT molecular complexity index is 757. The minimum atomic E-state index is -0.217. The summed E-state index contributed by atoms with van der Waals surface area (Å²) in [5.41, 5.74) is 5.34. The number of amides is 1. The molecule has 0 bridgehead atoms. The summed E-state index contributed by atoms with van der Waals surface area (Å²) in [6, 6.07) is 10.8. The molecule has 138 valence electrons. The molecule has 1 amide bonds. The van der Waals surface area contributed by atoms with Crippen LogP contribution >= 0.6 is 0 Å². The third-order valence-corrected chi connectivity index (χ3v) is 4.87. The minimum absolute atomic E-state index is 0.0234. The molecule has 1 saturated heterocycles. The van der Waals surface area contributed by atoms with Crippen LogP contribution in [0.3, 0.4) is 0 Å². The van der Waals surface area contributed by atoms with Gasteiger partial charge in [0.05, 0.1) is 6.54 Å². The van der Waals surface area contributed by atoms with Crippen molar-refractivity contribution in [3.63, 3.8) is 0 Å². The molecule has 2 aromatic rings. The lowest BCUT2D eigenvalue weighted by Gasteiger charge is -2.35. The molecule has 0 spiro atoms. The second-order valence-corrected chi connectivity index (χ2v) is 7.06. The van der Waals surface area contributed by atoms with E-state index in [9.17, 15) is 9.18 Å². The van der Waals surface area contributed by atoms with E-state index in [0.29, 0.717) is 6.54 Å². The summed E-state index contributed by atoms with van der Waals surface area (Å²) in [6.07, 6.45) is 0. The fraction of sp³-hybridized carbons (Fsp3) is 0.381. The van der Waals surface area contributed by atoms with Crippen LogP contribution in [0.1, 0.15) is 16.7 Å². The van der Waals surface area contributed by atoms with Gasteiger partial charge in [0, 0.05) is 37.6 Å². The number of hydrogen-bond donors (Lipinski definition) is 1. The number of anilines is 2. The maximum atomic E-state index is 13.0. The molecular weight excluding hydrogens is 329 g/mol. The number of hydrogen-bond acceptors (Lipinski definition) is 3. The topological polar surface area (TPSA) is 35.6 Å². The maximum absolute atomic E-state index is 13.0. The van der Waals surface area contributed by atoms with Crippen molar-refractivity contribution >= 4 is 17.3 Å². The Hall–Kier alpha value is -2.40. The molecule has 0 unspecified atom stereocenters. The Morgan fingerprint density at radius 1 is 1.00 bits per heavy atom. The van der Waals surface area contributed by atoms with E-state index in [1.165, 1.54) is 17.7 Å². The van der Waals surface area contributed by atoms with Gasteiger partial charge in [-0.25, -0.2) is 4.39 Å². The normalized spacial score (nSPS) is 15.2. The lowest BCUT2D eigenvalue weighted by molar-refractivity contribution is -0.117. The Labute approximate surface area is 154 Å². The molecule has 1 heterocycles. The zero-order valence-corrected chi connectivity index (χ0v) is 15.7. The van der Waals surface area contributed by atoms with E-state index in [0.717, 1.165) is 48.7 Å². The van der Waals surface area contributed by atoms with Crippen LogP contribution in [0.25, 0.3) is 0 Å². The summed E-state index contributed by atoms with van der Waals surface area (Å²) in [7, 11) is 0. The van der Waals surface area contributed by atoms with Crippen LogP contribution in [0, 0.1) is 26.6 Å². The van der Waals surface area contributed by atoms with Crippen molar-refractivity contribution in [2.75, 3.05) is 42.9 Å². The quantitative estimate of drug-likeness (QED) is 0.912. The van der Waals surface area contributed by atoms with E-state index < -0.39 is 0 Å². The number of benzene rings is 2. The van der Waals surface area contributed by atoms with Crippen LogP contribution in [0.5, 0.6) is 0 Å². The van der Waals surface area contributed by atoms with Crippen molar-refractivity contribution in [3.8, 4) is 0 Å². The van der Waals surface area contributed by atoms with Gasteiger partial charge in [0.25, 0.3) is 0 Å². The third kappa shape index (κ3) is 4.41. The molecule has 2 aromatic carbocycles. The Morgan fingerprint density at radius 3 is 2.15 bits per heavy atom. The van der Waals surface area contributed by atoms with Crippen LogP contribution in [0.4, 0.5) is 15.8 Å². The fourth-order valence-corrected chi connectivity index (χ4v) is 3.58. The molecule has 0 aromatic heterocycles. The number of nitrogens with one attached hydrogen (secondary N) is 1. The Morgan fingerprint density at radius 2 is 1.58 bits per heavy atom. The molecule has 0 radical (unpaired) electrons. The molecule has 1 aliphatic heterocycles. The summed E-state index contributed by atoms with van der Waals surface area (Å²) >= 11 is 0. The molecule has 3 rings (SSSR count). The van der Waals surface area contributed by atoms with Gasteiger partial charge in [-0.3, -0.25) is 9.69 Å². The molecule has 0 aliphatic carbocycles. The van der Waals surface area contributed by atoms with Gasteiger partial charge in [0.1, 0.15) is 5.82 Å². The largest absolute Gasteiger partial charge is 0.369 e. The van der Waals surface area contributed by atoms with Gasteiger partial charge in [-0.15, -0.1) is 0 Å². The van der Waals surface area contributed by atoms with Crippen LogP contribution in [-0.2, 0) is 4.79 Å². The van der Waals surface area contributed by atoms with Gasteiger partial charge in [-0.05, 0) is 56.2 Å². The van der Waals surface area contributed by atoms with Crippen LogP contribution in [0.2, 0.25) is 0 Å². The number of carbonyl (C=O) groups excluding carboxylic acids is 1. The van der Waals surface area contributed by atoms with Crippen LogP contribution in [0.15, 0.2) is 36.4 Å². The van der Waals surface area contributed by atoms with Gasteiger partial charge in [0.15, 0.2) is 0 Å². The second-order valence-electron chi connectivity index (χ2n) is 7.06. The molecule has 0 atom stereocenters. The average molecular weight is 355 g/mol. The second kappa shape index (κ2) is 7.87. The summed E-state index contributed by atoms with van der Waals surface area (Å²) in [5.74, 6) is -0.193. The SMILES string of the molecule is Cc1cc(C)c(NC(=O)CN2CCN(c3ccc(F)cc3)CC2)c(C)c1. The van der Waals surface area contributed by atoms with Crippen molar-refractivity contribution < 1.29 is 9.18 Å². The van der Waals surface area contributed by atoms with E-state index >= 15 is 0 Å². The van der Waals surface area contributed by atoms with Gasteiger partial charge in [-0.2, -0.15) is 0 Å². The molecule has 1 aliphatic rings. The fourth-order valence-electron chi connectivity index (χ4n) is 3.58. The van der Waals surface area contributed by atoms with E-state index in [1.54, 1.807) is 12.1 Å². The van der Waals surface area contributed by atoms with Gasteiger partial charge < -0.3 is 10.2 Å². The number of aryl methyl sites for hydroxylation is 3. The molecule has 4 nitrogen and oxygen atoms in total. The molecule has 1 fully saturated rings.